The maximum Gasteiger partial charge on any atom is 0.386 e. The van der Waals surface area contributed by atoms with Crippen LogP contribution in [0.5, 0.6) is 0 Å². The Hall–Kier alpha value is -2.38. The van der Waals surface area contributed by atoms with Crippen LogP contribution >= 0.6 is 38.1 Å². The number of fused-ring (bicyclic) bond motifs is 5. The molecule has 0 amide bonds. The van der Waals surface area contributed by atoms with E-state index in [4.69, 9.17) is 33.3 Å². The zero-order valence-electron chi connectivity index (χ0n) is 21.7. The predicted octanol–water partition coefficient (Wildman–Crippen LogP) is 2.33. The second-order valence-corrected chi connectivity index (χ2v) is 15.6. The van der Waals surface area contributed by atoms with Gasteiger partial charge in [0.25, 0.3) is 5.56 Å². The van der Waals surface area contributed by atoms with Crippen LogP contribution in [0.3, 0.4) is 0 Å². The van der Waals surface area contributed by atoms with Gasteiger partial charge in [0, 0.05) is 31.1 Å². The molecule has 3 saturated heterocycles. The molecule has 2 bridgehead atoms. The normalized spacial score (nSPS) is 37.1. The van der Waals surface area contributed by atoms with Crippen molar-refractivity contribution in [2.24, 2.45) is 0 Å². The molecule has 3 fully saturated rings. The van der Waals surface area contributed by atoms with Crippen LogP contribution in [0.4, 0.5) is 10.2 Å². The highest BCUT2D eigenvalue weighted by Gasteiger charge is 2.52. The number of nitrogen functional groups attached to an aromatic ring is 1. The van der Waals surface area contributed by atoms with E-state index in [-0.39, 0.29) is 41.3 Å². The summed E-state index contributed by atoms with van der Waals surface area (Å²) in [4.78, 5) is 28.6. The number of ether oxygens (including phenoxy) is 2. The van der Waals surface area contributed by atoms with Gasteiger partial charge in [0.1, 0.15) is 30.2 Å². The highest BCUT2D eigenvalue weighted by molar-refractivity contribution is 8.44. The molecule has 0 aromatic carbocycles. The average molecular weight is 677 g/mol. The van der Waals surface area contributed by atoms with E-state index in [9.17, 15) is 13.9 Å². The lowest BCUT2D eigenvalue weighted by molar-refractivity contribution is -0.0564. The van der Waals surface area contributed by atoms with E-state index in [1.807, 2.05) is 0 Å². The van der Waals surface area contributed by atoms with Gasteiger partial charge in [-0.05, 0) is 0 Å². The van der Waals surface area contributed by atoms with Crippen molar-refractivity contribution in [2.75, 3.05) is 18.9 Å². The molecule has 2 N–H and O–H groups in total. The Labute approximate surface area is 251 Å². The van der Waals surface area contributed by atoms with E-state index in [2.05, 4.69) is 44.4 Å². The summed E-state index contributed by atoms with van der Waals surface area (Å²) in [5.41, 5.74) is 5.92. The minimum atomic E-state index is -4.24. The van der Waals surface area contributed by atoms with Gasteiger partial charge in [0.15, 0.2) is 30.1 Å². The molecule has 7 heterocycles. The lowest BCUT2D eigenvalue weighted by Crippen LogP contribution is -2.33. The fourth-order valence-corrected chi connectivity index (χ4v) is 8.27. The summed E-state index contributed by atoms with van der Waals surface area (Å²) in [5, 5.41) is 0. The van der Waals surface area contributed by atoms with Gasteiger partial charge in [-0.1, -0.05) is 24.5 Å². The Morgan fingerprint density at radius 2 is 1.74 bits per heavy atom. The molecule has 3 aliphatic heterocycles. The molecule has 0 aliphatic carbocycles. The average Bonchev–Trinajstić information content (AvgIpc) is 3.74. The number of hydrogen-bond donors (Lipinski definition) is 3. The molecule has 0 spiro atoms. The maximum atomic E-state index is 16.0. The van der Waals surface area contributed by atoms with Crippen LogP contribution in [0.1, 0.15) is 18.9 Å². The van der Waals surface area contributed by atoms with Crippen LogP contribution in [-0.2, 0) is 36.7 Å². The van der Waals surface area contributed by atoms with Crippen molar-refractivity contribution in [3.8, 4) is 0 Å². The quantitative estimate of drug-likeness (QED) is 0.207. The van der Waals surface area contributed by atoms with E-state index in [1.54, 1.807) is 0 Å². The van der Waals surface area contributed by atoms with Gasteiger partial charge in [-0.3, -0.25) is 36.4 Å². The summed E-state index contributed by atoms with van der Waals surface area (Å²) in [5.74, 6) is 0.305. The highest BCUT2D eigenvalue weighted by atomic mass is 32.7. The Morgan fingerprint density at radius 3 is 2.58 bits per heavy atom. The molecule has 7 rings (SSSR count). The number of halogens is 1. The van der Waals surface area contributed by atoms with Crippen molar-refractivity contribution >= 4 is 60.9 Å². The third kappa shape index (κ3) is 5.43. The standard InChI is InChI=1S/C21H23FN8O9P2S2/c22-14-16-12(37-20(14)30-9-27-15-17(23)25-8-26-18(15)30)7-35-40(32,42)38-11-5-10(6-34-41(33,43)39-16)36-19(11)29-3-1-13(31)28-4-2-24-21(28)29/h1-4,8-12,14,16,19-20H,5-7H2,(H,32,42)(H,33,43)(H2,23,25,26)/t10-,11+,12+,14-,16+,19+,20+,40+,41-/m0/s1. The third-order valence-corrected chi connectivity index (χ3v) is 10.4. The van der Waals surface area contributed by atoms with Crippen molar-refractivity contribution in [1.82, 2.24) is 33.5 Å². The molecular weight excluding hydrogens is 653 g/mol. The lowest BCUT2D eigenvalue weighted by Gasteiger charge is -2.26. The highest BCUT2D eigenvalue weighted by Crippen LogP contribution is 2.60. The minimum Gasteiger partial charge on any atom is -0.382 e. The van der Waals surface area contributed by atoms with Crippen molar-refractivity contribution in [2.45, 2.75) is 49.5 Å². The molecule has 230 valence electrons. The summed E-state index contributed by atoms with van der Waals surface area (Å²) >= 11 is 8.19. The summed E-state index contributed by atoms with van der Waals surface area (Å²) in [6, 6.07) is 1.30. The van der Waals surface area contributed by atoms with Crippen LogP contribution < -0.4 is 11.3 Å². The van der Waals surface area contributed by atoms with Crippen molar-refractivity contribution in [3.63, 3.8) is 0 Å². The number of alkyl halides is 1. The van der Waals surface area contributed by atoms with Gasteiger partial charge in [-0.25, -0.2) is 33.5 Å². The number of anilines is 1. The van der Waals surface area contributed by atoms with E-state index in [1.165, 1.54) is 50.8 Å². The van der Waals surface area contributed by atoms with Crippen LogP contribution in [0.15, 0.2) is 42.1 Å². The first kappa shape index (κ1) is 29.3. The van der Waals surface area contributed by atoms with Crippen LogP contribution in [0, 0.1) is 0 Å². The Morgan fingerprint density at radius 1 is 0.953 bits per heavy atom. The number of nitrogens with two attached hydrogens (primary N) is 1. The lowest BCUT2D eigenvalue weighted by atomic mass is 10.1. The fourth-order valence-electron chi connectivity index (χ4n) is 5.28. The molecule has 22 heteroatoms. The van der Waals surface area contributed by atoms with Gasteiger partial charge < -0.3 is 15.2 Å². The van der Waals surface area contributed by atoms with Gasteiger partial charge >= 0.3 is 13.6 Å². The molecule has 9 atom stereocenters. The molecule has 4 aromatic heterocycles. The van der Waals surface area contributed by atoms with Gasteiger partial charge in [-0.2, -0.15) is 0 Å². The molecule has 0 saturated carbocycles. The number of aromatic nitrogens is 7. The Kier molecular flexibility index (Phi) is 7.44. The van der Waals surface area contributed by atoms with Gasteiger partial charge in [-0.15, -0.1) is 0 Å². The van der Waals surface area contributed by atoms with Crippen LogP contribution in [-0.4, -0.2) is 77.3 Å². The van der Waals surface area contributed by atoms with Crippen LogP contribution in [0.2, 0.25) is 0 Å². The second-order valence-electron chi connectivity index (χ2n) is 9.88. The smallest absolute Gasteiger partial charge is 0.382 e. The van der Waals surface area contributed by atoms with E-state index < -0.39 is 63.2 Å². The van der Waals surface area contributed by atoms with E-state index >= 15 is 4.39 Å². The summed E-state index contributed by atoms with van der Waals surface area (Å²) < 4.78 is 81.2. The molecule has 0 unspecified atom stereocenters. The van der Waals surface area contributed by atoms with Crippen molar-refractivity contribution in [1.29, 1.82) is 0 Å². The molecular formula is C21H23FN8O9P2S2. The number of hydrogen-bond acceptors (Lipinski definition) is 14. The largest absolute Gasteiger partial charge is 0.386 e. The predicted molar refractivity (Wildman–Crippen MR) is 151 cm³/mol. The van der Waals surface area contributed by atoms with Crippen molar-refractivity contribution < 1.29 is 41.1 Å². The molecule has 4 aromatic rings. The monoisotopic (exact) mass is 676 g/mol. The zero-order valence-corrected chi connectivity index (χ0v) is 25.3. The second kappa shape index (κ2) is 10.9. The molecule has 3 aliphatic rings. The van der Waals surface area contributed by atoms with Crippen LogP contribution in [0.25, 0.3) is 16.9 Å². The first-order valence-corrected chi connectivity index (χ1v) is 18.1. The zero-order chi connectivity index (χ0) is 30.1. The first-order valence-electron chi connectivity index (χ1n) is 12.7. The Bertz CT molecular complexity index is 1860. The minimum absolute atomic E-state index is 0.0755. The fraction of sp³-hybridized carbons (Fsp3) is 0.476. The first-order chi connectivity index (χ1) is 20.5. The van der Waals surface area contributed by atoms with Gasteiger partial charge in [0.2, 0.25) is 5.78 Å². The summed E-state index contributed by atoms with van der Waals surface area (Å²) in [6.45, 7) is -9.28. The number of nitrogens with zero attached hydrogens (tertiary/aromatic N) is 7. The topological polar surface area (TPSA) is 198 Å². The maximum absolute atomic E-state index is 16.0. The number of rotatable bonds is 2. The number of imidazole rings is 2. The Balaban J connectivity index is 1.19. The van der Waals surface area contributed by atoms with E-state index in [0.717, 1.165) is 0 Å². The van der Waals surface area contributed by atoms with E-state index in [0.29, 0.717) is 0 Å². The summed E-state index contributed by atoms with van der Waals surface area (Å²) in [7, 11) is 0. The number of thiol groups is 2. The summed E-state index contributed by atoms with van der Waals surface area (Å²) in [6.07, 6.45) is -2.00. The van der Waals surface area contributed by atoms with Gasteiger partial charge in [0.05, 0.1) is 25.6 Å². The molecule has 17 nitrogen and oxygen atoms in total. The third-order valence-electron chi connectivity index (χ3n) is 7.16. The SMILES string of the molecule is Nc1ncnc2c1ncn2[C@@H]1O[C@@H]2CO[P@@](=O)(S)O[C@@H]3C[C@@H](CO[P@](=O)(S)O[C@H]2[C@@H]1F)O[C@H]3n1ccc(=O)n2ccnc12. The molecule has 43 heavy (non-hydrogen) atoms. The van der Waals surface area contributed by atoms with Crippen molar-refractivity contribution in [3.05, 3.63) is 47.7 Å². The molecule has 0 radical (unpaired) electrons.